The first-order valence-corrected chi connectivity index (χ1v) is 12.4. The first-order chi connectivity index (χ1) is 17.2. The molecule has 0 aliphatic rings. The molecule has 0 amide bonds. The molecule has 0 radical (unpaired) electrons. The SMILES string of the molecule is CCCc1ccc(C(=O)OCCCc2cccc(C(=O)OC(=O)c3ccc(C(C)(C)C)cc3)c2)cc1. The van der Waals surface area contributed by atoms with Gasteiger partial charge in [0, 0.05) is 0 Å². The van der Waals surface area contributed by atoms with Crippen LogP contribution in [0.1, 0.15) is 88.3 Å². The standard InChI is InChI=1S/C31H34O5/c1-5-8-22-12-14-24(15-13-22)28(32)35-20-7-10-23-9-6-11-26(21-23)30(34)36-29(33)25-16-18-27(19-17-25)31(2,3)4/h6,9,11-19,21H,5,7-8,10,20H2,1-4H3. The van der Waals surface area contributed by atoms with Gasteiger partial charge in [-0.15, -0.1) is 0 Å². The van der Waals surface area contributed by atoms with Crippen molar-refractivity contribution in [3.8, 4) is 0 Å². The van der Waals surface area contributed by atoms with Crippen LogP contribution in [0.2, 0.25) is 0 Å². The van der Waals surface area contributed by atoms with Crippen molar-refractivity contribution in [2.45, 2.75) is 58.8 Å². The summed E-state index contributed by atoms with van der Waals surface area (Å²) in [6.45, 7) is 8.66. The summed E-state index contributed by atoms with van der Waals surface area (Å²) >= 11 is 0. The van der Waals surface area contributed by atoms with Crippen molar-refractivity contribution in [2.24, 2.45) is 0 Å². The van der Waals surface area contributed by atoms with Gasteiger partial charge in [0.2, 0.25) is 0 Å². The Bertz CT molecular complexity index is 1180. The molecule has 0 aliphatic heterocycles. The maximum atomic E-state index is 12.5. The number of carbonyl (C=O) groups excluding carboxylic acids is 3. The molecule has 0 saturated heterocycles. The summed E-state index contributed by atoms with van der Waals surface area (Å²) in [5.74, 6) is -1.72. The molecule has 0 heterocycles. The van der Waals surface area contributed by atoms with E-state index in [2.05, 4.69) is 27.7 Å². The zero-order valence-electron chi connectivity index (χ0n) is 21.5. The second kappa shape index (κ2) is 12.3. The Balaban J connectivity index is 1.49. The first-order valence-electron chi connectivity index (χ1n) is 12.4. The highest BCUT2D eigenvalue weighted by Gasteiger charge is 2.18. The van der Waals surface area contributed by atoms with E-state index in [4.69, 9.17) is 9.47 Å². The summed E-state index contributed by atoms with van der Waals surface area (Å²) in [5, 5.41) is 0. The van der Waals surface area contributed by atoms with Gasteiger partial charge in [-0.25, -0.2) is 14.4 Å². The third-order valence-electron chi connectivity index (χ3n) is 5.91. The Morgan fingerprint density at radius 3 is 1.94 bits per heavy atom. The lowest BCUT2D eigenvalue weighted by atomic mass is 9.87. The van der Waals surface area contributed by atoms with Crippen LogP contribution in [0.25, 0.3) is 0 Å². The van der Waals surface area contributed by atoms with E-state index in [0.717, 1.165) is 24.0 Å². The molecule has 5 nitrogen and oxygen atoms in total. The second-order valence-corrected chi connectivity index (χ2v) is 9.89. The fourth-order valence-corrected chi connectivity index (χ4v) is 3.78. The Hall–Kier alpha value is -3.73. The highest BCUT2D eigenvalue weighted by molar-refractivity contribution is 6.02. The lowest BCUT2D eigenvalue weighted by Crippen LogP contribution is -2.14. The number of ether oxygens (including phenoxy) is 2. The summed E-state index contributed by atoms with van der Waals surface area (Å²) in [6, 6.07) is 21.5. The molecule has 3 aromatic rings. The van der Waals surface area contributed by atoms with Crippen LogP contribution >= 0.6 is 0 Å². The number of hydrogen-bond donors (Lipinski definition) is 0. The predicted molar refractivity (Wildman–Crippen MR) is 140 cm³/mol. The van der Waals surface area contributed by atoms with Gasteiger partial charge in [0.1, 0.15) is 0 Å². The molecule has 0 aromatic heterocycles. The molecule has 0 unspecified atom stereocenters. The van der Waals surface area contributed by atoms with Gasteiger partial charge in [-0.1, -0.05) is 70.5 Å². The fraction of sp³-hybridized carbons (Fsp3) is 0.323. The maximum Gasteiger partial charge on any atom is 0.346 e. The normalized spacial score (nSPS) is 11.1. The van der Waals surface area contributed by atoms with Gasteiger partial charge in [0.25, 0.3) is 0 Å². The summed E-state index contributed by atoms with van der Waals surface area (Å²) < 4.78 is 10.5. The van der Waals surface area contributed by atoms with Gasteiger partial charge in [0.15, 0.2) is 0 Å². The van der Waals surface area contributed by atoms with Crippen molar-refractivity contribution in [3.05, 3.63) is 106 Å². The summed E-state index contributed by atoms with van der Waals surface area (Å²) in [5.41, 5.74) is 4.33. The van der Waals surface area contributed by atoms with E-state index in [1.807, 2.05) is 30.3 Å². The number of hydrogen-bond acceptors (Lipinski definition) is 5. The quantitative estimate of drug-likeness (QED) is 0.191. The number of benzene rings is 3. The largest absolute Gasteiger partial charge is 0.462 e. The molecular weight excluding hydrogens is 452 g/mol. The summed E-state index contributed by atoms with van der Waals surface area (Å²) in [7, 11) is 0. The minimum atomic E-state index is -0.695. The van der Waals surface area contributed by atoms with Crippen LogP contribution in [0.4, 0.5) is 0 Å². The van der Waals surface area contributed by atoms with Crippen molar-refractivity contribution in [3.63, 3.8) is 0 Å². The van der Waals surface area contributed by atoms with E-state index in [0.29, 0.717) is 29.5 Å². The lowest BCUT2D eigenvalue weighted by Gasteiger charge is -2.18. The van der Waals surface area contributed by atoms with E-state index in [1.54, 1.807) is 42.5 Å². The third kappa shape index (κ3) is 7.64. The van der Waals surface area contributed by atoms with Crippen LogP contribution in [0.3, 0.4) is 0 Å². The molecule has 0 aliphatic carbocycles. The Kier molecular flexibility index (Phi) is 9.18. The lowest BCUT2D eigenvalue weighted by molar-refractivity contribution is 0.0396. The van der Waals surface area contributed by atoms with Crippen LogP contribution in [-0.4, -0.2) is 24.5 Å². The average molecular weight is 487 g/mol. The molecular formula is C31H34O5. The van der Waals surface area contributed by atoms with Crippen LogP contribution in [0.15, 0.2) is 72.8 Å². The Labute approximate surface area is 213 Å². The minimum Gasteiger partial charge on any atom is -0.462 e. The maximum absolute atomic E-state index is 12.5. The molecule has 0 spiro atoms. The highest BCUT2D eigenvalue weighted by Crippen LogP contribution is 2.22. The zero-order valence-corrected chi connectivity index (χ0v) is 21.5. The molecule has 5 heteroatoms. The van der Waals surface area contributed by atoms with Crippen molar-refractivity contribution in [1.29, 1.82) is 0 Å². The van der Waals surface area contributed by atoms with E-state index in [-0.39, 0.29) is 18.0 Å². The van der Waals surface area contributed by atoms with E-state index in [1.165, 1.54) is 5.56 Å². The summed E-state index contributed by atoms with van der Waals surface area (Å²) in [6.07, 6.45) is 3.27. The number of carbonyl (C=O) groups is 3. The van der Waals surface area contributed by atoms with Crippen LogP contribution in [0, 0.1) is 0 Å². The second-order valence-electron chi connectivity index (χ2n) is 9.89. The zero-order chi connectivity index (χ0) is 26.1. The van der Waals surface area contributed by atoms with E-state index in [9.17, 15) is 14.4 Å². The van der Waals surface area contributed by atoms with Crippen molar-refractivity contribution >= 4 is 17.9 Å². The smallest absolute Gasteiger partial charge is 0.346 e. The molecule has 36 heavy (non-hydrogen) atoms. The van der Waals surface area contributed by atoms with Crippen LogP contribution < -0.4 is 0 Å². The topological polar surface area (TPSA) is 69.7 Å². The van der Waals surface area contributed by atoms with E-state index < -0.39 is 11.9 Å². The van der Waals surface area contributed by atoms with Crippen molar-refractivity contribution < 1.29 is 23.9 Å². The third-order valence-corrected chi connectivity index (χ3v) is 5.91. The molecule has 0 saturated carbocycles. The molecule has 0 atom stereocenters. The Morgan fingerprint density at radius 2 is 1.31 bits per heavy atom. The number of esters is 3. The molecule has 0 N–H and O–H groups in total. The molecule has 3 aromatic carbocycles. The molecule has 188 valence electrons. The predicted octanol–water partition coefficient (Wildman–Crippen LogP) is 6.72. The van der Waals surface area contributed by atoms with Crippen molar-refractivity contribution in [1.82, 2.24) is 0 Å². The molecule has 0 bridgehead atoms. The first kappa shape index (κ1) is 26.9. The average Bonchev–Trinajstić information content (AvgIpc) is 2.87. The minimum absolute atomic E-state index is 0.0309. The van der Waals surface area contributed by atoms with Gasteiger partial charge in [-0.3, -0.25) is 0 Å². The van der Waals surface area contributed by atoms with Crippen LogP contribution in [0.5, 0.6) is 0 Å². The van der Waals surface area contributed by atoms with Gasteiger partial charge < -0.3 is 9.47 Å². The highest BCUT2D eigenvalue weighted by atomic mass is 16.6. The van der Waals surface area contributed by atoms with Gasteiger partial charge >= 0.3 is 17.9 Å². The fourth-order valence-electron chi connectivity index (χ4n) is 3.78. The number of aryl methyl sites for hydroxylation is 2. The van der Waals surface area contributed by atoms with E-state index >= 15 is 0 Å². The van der Waals surface area contributed by atoms with Crippen LogP contribution in [-0.2, 0) is 27.7 Å². The Morgan fingerprint density at radius 1 is 0.694 bits per heavy atom. The molecule has 0 fully saturated rings. The number of rotatable bonds is 9. The molecule has 3 rings (SSSR count). The van der Waals surface area contributed by atoms with Gasteiger partial charge in [0.05, 0.1) is 23.3 Å². The van der Waals surface area contributed by atoms with Crippen molar-refractivity contribution in [2.75, 3.05) is 6.61 Å². The summed E-state index contributed by atoms with van der Waals surface area (Å²) in [4.78, 5) is 37.2. The van der Waals surface area contributed by atoms with Gasteiger partial charge in [-0.2, -0.15) is 0 Å². The van der Waals surface area contributed by atoms with Gasteiger partial charge in [-0.05, 0) is 77.8 Å². The monoisotopic (exact) mass is 486 g/mol.